The van der Waals surface area contributed by atoms with Crippen LogP contribution in [0.5, 0.6) is 0 Å². The largest absolute Gasteiger partial charge is 1.00 e. The minimum atomic E-state index is -0.686. The molecule has 0 saturated carbocycles. The van der Waals surface area contributed by atoms with Crippen LogP contribution < -0.4 is 56.1 Å². The van der Waals surface area contributed by atoms with Crippen LogP contribution in [0.4, 0.5) is 5.69 Å². The second-order valence-corrected chi connectivity index (χ2v) is 16.3. The number of rotatable bonds is 11. The molecule has 6 aliphatic rings. The van der Waals surface area contributed by atoms with Crippen LogP contribution in [0.1, 0.15) is 81.7 Å². The summed E-state index contributed by atoms with van der Waals surface area (Å²) in [5.74, 6) is 0. The summed E-state index contributed by atoms with van der Waals surface area (Å²) in [5.41, 5.74) is 7.58. The van der Waals surface area contributed by atoms with E-state index < -0.39 is 6.29 Å². The molecule has 0 bridgehead atoms. The molecule has 7 unspecified atom stereocenters. The topological polar surface area (TPSA) is 170 Å². The van der Waals surface area contributed by atoms with E-state index in [1.165, 1.54) is 33.5 Å². The first kappa shape index (κ1) is 54.1. The summed E-state index contributed by atoms with van der Waals surface area (Å²) in [6.07, 6.45) is 0.224. The molecule has 6 saturated heterocycles. The third-order valence-corrected chi connectivity index (χ3v) is 12.1. The quantitative estimate of drug-likeness (QED) is 0.0543. The Hall–Kier alpha value is -4.47. The number of nitrogens with zero attached hydrogens (tertiary/aromatic N) is 1. The molecule has 7 N–H and O–H groups in total. The smallest absolute Gasteiger partial charge is 1.00 e. The predicted octanol–water partition coefficient (Wildman–Crippen LogP) is 4.85. The van der Waals surface area contributed by atoms with Crippen molar-refractivity contribution in [3.8, 4) is 0 Å². The summed E-state index contributed by atoms with van der Waals surface area (Å²) >= 11 is 0. The van der Waals surface area contributed by atoms with E-state index in [9.17, 15) is 9.90 Å². The van der Waals surface area contributed by atoms with Crippen molar-refractivity contribution in [1.82, 2.24) is 26.2 Å². The van der Waals surface area contributed by atoms with Gasteiger partial charge in [-0.1, -0.05) is 192 Å². The van der Waals surface area contributed by atoms with E-state index in [-0.39, 0.29) is 111 Å². The number of carbonyl (C=O) groups excluding carboxylic acids is 1. The third kappa shape index (κ3) is 13.6. The number of benzene rings is 6. The predicted molar refractivity (Wildman–Crippen MR) is 265 cm³/mol. The molecule has 13 atom stereocenters. The Kier molecular flexibility index (Phi) is 21.0. The molecule has 0 spiro atoms. The van der Waals surface area contributed by atoms with Gasteiger partial charge in [-0.15, -0.1) is 0 Å². The molecule has 12 heteroatoms. The molecule has 6 aromatic carbocycles. The maximum absolute atomic E-state index is 10.3. The molecular weight excluding hydrogens is 830 g/mol. The van der Waals surface area contributed by atoms with Crippen LogP contribution in [0.2, 0.25) is 0 Å². The van der Waals surface area contributed by atoms with Gasteiger partial charge in [0.2, 0.25) is 0 Å². The number of ether oxygens (including phenoxy) is 1. The van der Waals surface area contributed by atoms with Gasteiger partial charge in [0, 0.05) is 32.7 Å². The molecular formula is C54H67BN6NaO4. The van der Waals surface area contributed by atoms with Crippen molar-refractivity contribution in [2.24, 2.45) is 0 Å². The number of fused-ring (bicyclic) bond motifs is 1. The Bertz CT molecular complexity index is 2290. The van der Waals surface area contributed by atoms with Crippen LogP contribution in [0.3, 0.4) is 0 Å². The molecule has 6 aliphatic heterocycles. The minimum absolute atomic E-state index is 0. The van der Waals surface area contributed by atoms with Crippen molar-refractivity contribution >= 4 is 20.4 Å². The van der Waals surface area contributed by atoms with Crippen molar-refractivity contribution in [2.45, 2.75) is 95.2 Å². The Balaban J connectivity index is 0.000000239. The number of hydrogen-bond donors (Lipinski definition) is 7. The maximum atomic E-state index is 10.3. The molecule has 0 aliphatic carbocycles. The Morgan fingerprint density at radius 3 is 1.41 bits per heavy atom. The van der Waals surface area contributed by atoms with E-state index >= 15 is 0 Å². The van der Waals surface area contributed by atoms with E-state index in [0.717, 1.165) is 12.8 Å². The number of para-hydroxylation sites is 1. The van der Waals surface area contributed by atoms with Gasteiger partial charge in [-0.2, -0.15) is 0 Å². The van der Waals surface area contributed by atoms with Gasteiger partial charge in [-0.25, -0.2) is 0 Å². The van der Waals surface area contributed by atoms with Gasteiger partial charge < -0.3 is 42.4 Å². The molecule has 6 heterocycles. The van der Waals surface area contributed by atoms with Crippen LogP contribution in [0.15, 0.2) is 182 Å². The number of carbonyl (C=O) groups is 1. The number of nitrogens with one attached hydrogen (secondary N) is 5. The zero-order valence-electron chi connectivity index (χ0n) is 36.5. The van der Waals surface area contributed by atoms with Crippen molar-refractivity contribution in [3.63, 3.8) is 0 Å². The summed E-state index contributed by atoms with van der Waals surface area (Å²) in [5, 5.41) is 35.6. The van der Waals surface area contributed by atoms with Crippen molar-refractivity contribution in [1.29, 1.82) is 0 Å². The number of aldehydes is 1. The van der Waals surface area contributed by atoms with E-state index in [0.29, 0.717) is 24.2 Å². The minimum Gasteiger partial charge on any atom is -1.00 e. The average Bonchev–Trinajstić information content (AvgIpc) is 4.12. The van der Waals surface area contributed by atoms with E-state index in [1.54, 1.807) is 0 Å². The van der Waals surface area contributed by atoms with Crippen molar-refractivity contribution in [2.75, 3.05) is 18.5 Å². The monoisotopic (exact) mass is 898 g/mol. The second-order valence-electron chi connectivity index (χ2n) is 16.3. The number of anilines is 1. The summed E-state index contributed by atoms with van der Waals surface area (Å²) in [6.45, 7) is 1.21. The fraction of sp³-hybridized carbons (Fsp3) is 0.315. The number of hydrogen-bond acceptors (Lipinski definition) is 10. The van der Waals surface area contributed by atoms with Crippen LogP contribution in [-0.2, 0) is 9.53 Å². The Morgan fingerprint density at radius 1 is 0.561 bits per heavy atom. The molecule has 6 fully saturated rings. The fourth-order valence-electron chi connectivity index (χ4n) is 8.52. The van der Waals surface area contributed by atoms with E-state index in [1.807, 2.05) is 66.7 Å². The summed E-state index contributed by atoms with van der Waals surface area (Å²) < 4.78 is 5.77. The zero-order chi connectivity index (χ0) is 41.5. The molecule has 0 amide bonds. The first-order valence-corrected chi connectivity index (χ1v) is 21.4. The summed E-state index contributed by atoms with van der Waals surface area (Å²) in [6, 6.07) is 65.0. The van der Waals surface area contributed by atoms with Gasteiger partial charge in [0.15, 0.2) is 6.29 Å². The number of aliphatic hydroxyl groups is 2. The van der Waals surface area contributed by atoms with Crippen LogP contribution in [-0.4, -0.2) is 85.7 Å². The molecule has 0 aromatic heterocycles. The van der Waals surface area contributed by atoms with E-state index in [4.69, 9.17) is 9.84 Å². The maximum Gasteiger partial charge on any atom is 1.00 e. The SMILES string of the molecule is C.C.C.O=C[C@H]1NC1c1ccccc1.OC[C@H]1NC1c1ccccc1.O[C@@H]1O[C@H]([C@H]2NC2c2ccccc2)N2C(c3ccccc3)C12.[B].[H-].[Na+].c1ccc(NC[C@H]2NC2c2ccccc2)cc1. The van der Waals surface area contributed by atoms with Gasteiger partial charge in [0.1, 0.15) is 12.5 Å². The van der Waals surface area contributed by atoms with Crippen LogP contribution >= 0.6 is 0 Å². The van der Waals surface area contributed by atoms with Gasteiger partial charge in [-0.05, 0) is 39.9 Å². The Labute approximate surface area is 418 Å². The first-order chi connectivity index (χ1) is 30.1. The molecule has 66 heavy (non-hydrogen) atoms. The van der Waals surface area contributed by atoms with Crippen LogP contribution in [0, 0.1) is 0 Å². The average molecular weight is 898 g/mol. The fourth-order valence-corrected chi connectivity index (χ4v) is 8.52. The molecule has 3 radical (unpaired) electrons. The van der Waals surface area contributed by atoms with Gasteiger partial charge in [0.25, 0.3) is 0 Å². The van der Waals surface area contributed by atoms with Gasteiger partial charge in [0.05, 0.1) is 54.9 Å². The first-order valence-electron chi connectivity index (χ1n) is 21.4. The van der Waals surface area contributed by atoms with Crippen LogP contribution in [0.25, 0.3) is 0 Å². The molecule has 6 aromatic rings. The van der Waals surface area contributed by atoms with Crippen molar-refractivity contribution in [3.05, 3.63) is 210 Å². The molecule has 12 rings (SSSR count). The normalized spacial score (nSPS) is 29.1. The summed E-state index contributed by atoms with van der Waals surface area (Å²) in [4.78, 5) is 12.6. The second kappa shape index (κ2) is 25.6. The standard InChI is InChI=1S/C18H18N2O2.C15H16N2.C9H11NO.C9H9NO.3CH4.B.Na.H/c21-18-16-15(12-9-5-2-6-10-12)20(16)17(22-18)14-13(19-14)11-7-3-1-4-8-11;1-3-7-12(8-4-1)15-14(17-15)11-16-13-9-5-2-6-10-13;2*11-6-8-9(10-8)7-4-2-1-3-5-7;;;;;;/h1-10,13-19,21H;1-10,14-17H,11H2;1-5,8-11H,6H2;1-6,8-10H;3*1H4;;;/q;;;;;;;;+1;-1/t13?,14-,15?,16?,17+,18+,20?;14-,15?;2*8-,9?;;;;;;/m0111....../s1. The van der Waals surface area contributed by atoms with Crippen molar-refractivity contribution < 1.29 is 50.7 Å². The summed E-state index contributed by atoms with van der Waals surface area (Å²) in [7, 11) is 0. The van der Waals surface area contributed by atoms with E-state index in [2.05, 4.69) is 147 Å². The number of aliphatic hydroxyl groups excluding tert-OH is 2. The molecule has 10 nitrogen and oxygen atoms in total. The van der Waals surface area contributed by atoms with Gasteiger partial charge in [-0.3, -0.25) is 10.2 Å². The third-order valence-electron chi connectivity index (χ3n) is 12.1. The zero-order valence-corrected chi connectivity index (χ0v) is 37.5. The Morgan fingerprint density at radius 2 is 0.970 bits per heavy atom. The molecule has 341 valence electrons. The van der Waals surface area contributed by atoms with Gasteiger partial charge >= 0.3 is 29.6 Å².